The Kier molecular flexibility index (Phi) is 4.30. The van der Waals surface area contributed by atoms with E-state index in [-0.39, 0.29) is 5.92 Å². The lowest BCUT2D eigenvalue weighted by Gasteiger charge is -2.29. The van der Waals surface area contributed by atoms with Crippen molar-refractivity contribution in [2.75, 3.05) is 6.54 Å². The summed E-state index contributed by atoms with van der Waals surface area (Å²) in [6, 6.07) is 9.99. The van der Waals surface area contributed by atoms with Crippen molar-refractivity contribution in [3.8, 4) is 0 Å². The van der Waals surface area contributed by atoms with Crippen molar-refractivity contribution in [2.24, 2.45) is 17.6 Å². The Balaban J connectivity index is 1.83. The highest BCUT2D eigenvalue weighted by Crippen LogP contribution is 2.31. The smallest absolute Gasteiger partial charge is 0.140 e. The molecular weight excluding hydrogens is 260 g/mol. The zero-order valence-electron chi connectivity index (χ0n) is 12.3. The number of carbonyl (C=O) groups excluding carboxylic acids is 1. The molecule has 0 bridgehead atoms. The van der Waals surface area contributed by atoms with Gasteiger partial charge < -0.3 is 5.73 Å². The molecule has 0 radical (unpaired) electrons. The zero-order chi connectivity index (χ0) is 14.7. The highest BCUT2D eigenvalue weighted by molar-refractivity contribution is 5.90. The topological polar surface area (TPSA) is 56.0 Å². The molecule has 1 aliphatic rings. The second-order valence-corrected chi connectivity index (χ2v) is 6.02. The standard InChI is InChI=1S/C18H22N2O/c19-12-14-5-1-2-7-16(14)18(21)11-13-9-10-20-17-8-4-3-6-15(13)17/h3-4,6,8-10,14,16H,1-2,5,7,11-12,19H2. The summed E-state index contributed by atoms with van der Waals surface area (Å²) in [5.41, 5.74) is 7.90. The van der Waals surface area contributed by atoms with Gasteiger partial charge in [0.1, 0.15) is 5.78 Å². The number of hydrogen-bond donors (Lipinski definition) is 1. The lowest BCUT2D eigenvalue weighted by atomic mass is 9.75. The monoisotopic (exact) mass is 282 g/mol. The van der Waals surface area contributed by atoms with Gasteiger partial charge in [-0.25, -0.2) is 0 Å². The van der Waals surface area contributed by atoms with Crippen molar-refractivity contribution < 1.29 is 4.79 Å². The van der Waals surface area contributed by atoms with E-state index in [1.807, 2.05) is 30.3 Å². The van der Waals surface area contributed by atoms with E-state index in [0.717, 1.165) is 35.7 Å². The average Bonchev–Trinajstić information content (AvgIpc) is 2.55. The second kappa shape index (κ2) is 6.35. The fourth-order valence-electron chi connectivity index (χ4n) is 3.54. The van der Waals surface area contributed by atoms with Crippen molar-refractivity contribution in [1.29, 1.82) is 0 Å². The second-order valence-electron chi connectivity index (χ2n) is 6.02. The van der Waals surface area contributed by atoms with E-state index in [2.05, 4.69) is 4.98 Å². The maximum atomic E-state index is 12.7. The van der Waals surface area contributed by atoms with Gasteiger partial charge in [-0.05, 0) is 43.0 Å². The summed E-state index contributed by atoms with van der Waals surface area (Å²) in [4.78, 5) is 17.1. The molecule has 2 N–H and O–H groups in total. The predicted molar refractivity (Wildman–Crippen MR) is 85.0 cm³/mol. The molecular formula is C18H22N2O. The van der Waals surface area contributed by atoms with Crippen molar-refractivity contribution >= 4 is 16.7 Å². The largest absolute Gasteiger partial charge is 0.330 e. The molecule has 21 heavy (non-hydrogen) atoms. The van der Waals surface area contributed by atoms with Gasteiger partial charge in [0.05, 0.1) is 5.52 Å². The molecule has 0 saturated heterocycles. The molecule has 1 saturated carbocycles. The Hall–Kier alpha value is -1.74. The molecule has 1 aromatic carbocycles. The minimum Gasteiger partial charge on any atom is -0.330 e. The lowest BCUT2D eigenvalue weighted by molar-refractivity contribution is -0.124. The molecule has 110 valence electrons. The van der Waals surface area contributed by atoms with Crippen molar-refractivity contribution in [3.05, 3.63) is 42.1 Å². The normalized spacial score (nSPS) is 22.3. The number of nitrogens with zero attached hydrogens (tertiary/aromatic N) is 1. The van der Waals surface area contributed by atoms with Crippen molar-refractivity contribution in [1.82, 2.24) is 4.98 Å². The Morgan fingerprint density at radius 2 is 2.00 bits per heavy atom. The molecule has 1 aromatic heterocycles. The number of benzene rings is 1. The SMILES string of the molecule is NCC1CCCCC1C(=O)Cc1ccnc2ccccc12. The van der Waals surface area contributed by atoms with Gasteiger partial charge in [0.25, 0.3) is 0 Å². The Morgan fingerprint density at radius 1 is 1.19 bits per heavy atom. The molecule has 3 rings (SSSR count). The summed E-state index contributed by atoms with van der Waals surface area (Å²) in [7, 11) is 0. The van der Waals surface area contributed by atoms with Crippen LogP contribution in [0.4, 0.5) is 0 Å². The number of Topliss-reactive ketones (excluding diaryl/α,β-unsaturated/α-hetero) is 1. The summed E-state index contributed by atoms with van der Waals surface area (Å²) >= 11 is 0. The Morgan fingerprint density at radius 3 is 2.86 bits per heavy atom. The van der Waals surface area contributed by atoms with E-state index in [1.165, 1.54) is 6.42 Å². The number of fused-ring (bicyclic) bond motifs is 1. The molecule has 2 unspecified atom stereocenters. The molecule has 1 aliphatic carbocycles. The lowest BCUT2D eigenvalue weighted by Crippen LogP contribution is -2.33. The molecule has 0 amide bonds. The van der Waals surface area contributed by atoms with Crippen molar-refractivity contribution in [3.63, 3.8) is 0 Å². The first-order valence-electron chi connectivity index (χ1n) is 7.85. The summed E-state index contributed by atoms with van der Waals surface area (Å²) in [5.74, 6) is 0.872. The summed E-state index contributed by atoms with van der Waals surface area (Å²) in [6.07, 6.45) is 6.78. The molecule has 2 aromatic rings. The van der Waals surface area contributed by atoms with Crippen LogP contribution in [-0.4, -0.2) is 17.3 Å². The fraction of sp³-hybridized carbons (Fsp3) is 0.444. The number of carbonyl (C=O) groups is 1. The molecule has 1 fully saturated rings. The number of nitrogens with two attached hydrogens (primary N) is 1. The number of hydrogen-bond acceptors (Lipinski definition) is 3. The number of rotatable bonds is 4. The highest BCUT2D eigenvalue weighted by atomic mass is 16.1. The van der Waals surface area contributed by atoms with Crippen LogP contribution in [-0.2, 0) is 11.2 Å². The molecule has 3 heteroatoms. The van der Waals surface area contributed by atoms with Gasteiger partial charge in [-0.3, -0.25) is 9.78 Å². The first-order chi connectivity index (χ1) is 10.3. The molecule has 1 heterocycles. The van der Waals surface area contributed by atoms with Crippen LogP contribution in [0.2, 0.25) is 0 Å². The first kappa shape index (κ1) is 14.2. The van der Waals surface area contributed by atoms with Crippen LogP contribution < -0.4 is 5.73 Å². The molecule has 0 spiro atoms. The first-order valence-corrected chi connectivity index (χ1v) is 7.85. The summed E-state index contributed by atoms with van der Waals surface area (Å²) in [6.45, 7) is 0.632. The molecule has 3 nitrogen and oxygen atoms in total. The third kappa shape index (κ3) is 2.98. The number of para-hydroxylation sites is 1. The predicted octanol–water partition coefficient (Wildman–Crippen LogP) is 3.11. The number of ketones is 1. The minimum atomic E-state index is 0.149. The van der Waals surface area contributed by atoms with Gasteiger partial charge in [-0.2, -0.15) is 0 Å². The maximum absolute atomic E-state index is 12.7. The van der Waals surface area contributed by atoms with Crippen LogP contribution in [0.3, 0.4) is 0 Å². The van der Waals surface area contributed by atoms with Crippen LogP contribution >= 0.6 is 0 Å². The Bertz CT molecular complexity index is 633. The fourth-order valence-corrected chi connectivity index (χ4v) is 3.54. The summed E-state index contributed by atoms with van der Waals surface area (Å²) in [5, 5.41) is 1.09. The third-order valence-corrected chi connectivity index (χ3v) is 4.73. The van der Waals surface area contributed by atoms with Crippen LogP contribution in [0.15, 0.2) is 36.5 Å². The van der Waals surface area contributed by atoms with E-state index < -0.39 is 0 Å². The Labute approximate surface area is 125 Å². The minimum absolute atomic E-state index is 0.149. The van der Waals surface area contributed by atoms with E-state index >= 15 is 0 Å². The maximum Gasteiger partial charge on any atom is 0.140 e. The molecule has 0 aliphatic heterocycles. The third-order valence-electron chi connectivity index (χ3n) is 4.73. The van der Waals surface area contributed by atoms with E-state index in [1.54, 1.807) is 6.20 Å². The van der Waals surface area contributed by atoms with Gasteiger partial charge in [0, 0.05) is 23.9 Å². The van der Waals surface area contributed by atoms with Crippen molar-refractivity contribution in [2.45, 2.75) is 32.1 Å². The summed E-state index contributed by atoms with van der Waals surface area (Å²) < 4.78 is 0. The van der Waals surface area contributed by atoms with E-state index in [4.69, 9.17) is 5.73 Å². The quantitative estimate of drug-likeness (QED) is 0.937. The van der Waals surface area contributed by atoms with E-state index in [0.29, 0.717) is 24.7 Å². The number of aromatic nitrogens is 1. The van der Waals surface area contributed by atoms with Crippen LogP contribution in [0.1, 0.15) is 31.2 Å². The van der Waals surface area contributed by atoms with Gasteiger partial charge >= 0.3 is 0 Å². The van der Waals surface area contributed by atoms with Gasteiger partial charge in [0.2, 0.25) is 0 Å². The number of pyridine rings is 1. The van der Waals surface area contributed by atoms with E-state index in [9.17, 15) is 4.79 Å². The van der Waals surface area contributed by atoms with Gasteiger partial charge in [0.15, 0.2) is 0 Å². The van der Waals surface area contributed by atoms with Gasteiger partial charge in [-0.1, -0.05) is 31.0 Å². The highest BCUT2D eigenvalue weighted by Gasteiger charge is 2.29. The van der Waals surface area contributed by atoms with Crippen LogP contribution in [0, 0.1) is 11.8 Å². The zero-order valence-corrected chi connectivity index (χ0v) is 12.3. The molecule has 2 atom stereocenters. The van der Waals surface area contributed by atoms with Crippen LogP contribution in [0.25, 0.3) is 10.9 Å². The average molecular weight is 282 g/mol. The van der Waals surface area contributed by atoms with Crippen LogP contribution in [0.5, 0.6) is 0 Å². The van der Waals surface area contributed by atoms with Gasteiger partial charge in [-0.15, -0.1) is 0 Å².